The van der Waals surface area contributed by atoms with Crippen LogP contribution < -0.4 is 5.32 Å². The van der Waals surface area contributed by atoms with Gasteiger partial charge in [-0.05, 0) is 24.9 Å². The molecule has 0 radical (unpaired) electrons. The fourth-order valence-electron chi connectivity index (χ4n) is 1.61. The lowest BCUT2D eigenvalue weighted by Gasteiger charge is -2.11. The summed E-state index contributed by atoms with van der Waals surface area (Å²) in [5, 5.41) is 11.1. The maximum absolute atomic E-state index is 11.8. The molecular weight excluding hydrogens is 244 g/mol. The summed E-state index contributed by atoms with van der Waals surface area (Å²) >= 11 is 1.61. The Hall–Kier alpha value is -1.24. The summed E-state index contributed by atoms with van der Waals surface area (Å²) in [7, 11) is 0. The Morgan fingerprint density at radius 3 is 2.82 bits per heavy atom. The Labute approximate surface area is 104 Å². The molecule has 0 aromatic rings. The number of nitrogens with one attached hydrogen (secondary N) is 1. The van der Waals surface area contributed by atoms with Gasteiger partial charge in [0.2, 0.25) is 0 Å². The number of thioether (sulfide) groups is 1. The van der Waals surface area contributed by atoms with E-state index < -0.39 is 18.0 Å². The van der Waals surface area contributed by atoms with Crippen LogP contribution in [0.25, 0.3) is 0 Å². The number of carboxylic acids is 1. The Bertz CT molecular complexity index is 321. The van der Waals surface area contributed by atoms with Gasteiger partial charge >= 0.3 is 12.0 Å². The number of carboxylic acid groups (broad SMARTS) is 1. The van der Waals surface area contributed by atoms with Crippen molar-refractivity contribution in [2.45, 2.75) is 25.3 Å². The topological polar surface area (TPSA) is 86.7 Å². The monoisotopic (exact) mass is 260 g/mol. The van der Waals surface area contributed by atoms with E-state index in [1.807, 2.05) is 6.26 Å². The fourth-order valence-corrected chi connectivity index (χ4v) is 2.08. The van der Waals surface area contributed by atoms with Crippen LogP contribution in [0, 0.1) is 0 Å². The number of urea groups is 1. The number of hydrogen-bond donors (Lipinski definition) is 2. The second kappa shape index (κ2) is 6.48. The summed E-state index contributed by atoms with van der Waals surface area (Å²) in [4.78, 5) is 34.7. The molecule has 0 aromatic heterocycles. The molecule has 96 valence electrons. The van der Waals surface area contributed by atoms with E-state index in [0.29, 0.717) is 12.8 Å². The molecule has 1 unspecified atom stereocenters. The summed E-state index contributed by atoms with van der Waals surface area (Å²) in [5.74, 6) is -0.356. The van der Waals surface area contributed by atoms with Crippen LogP contribution in [0.15, 0.2) is 0 Å². The number of carbonyl (C=O) groups is 3. The van der Waals surface area contributed by atoms with E-state index in [2.05, 4.69) is 5.32 Å². The van der Waals surface area contributed by atoms with E-state index in [0.717, 1.165) is 10.7 Å². The van der Waals surface area contributed by atoms with Gasteiger partial charge in [0.1, 0.15) is 6.04 Å². The summed E-state index contributed by atoms with van der Waals surface area (Å²) in [6.07, 6.45) is 2.81. The molecule has 1 saturated heterocycles. The molecule has 6 nitrogen and oxygen atoms in total. The van der Waals surface area contributed by atoms with Crippen LogP contribution in [0.3, 0.4) is 0 Å². The molecule has 7 heteroatoms. The molecule has 0 aliphatic carbocycles. The normalized spacial score (nSPS) is 19.6. The highest BCUT2D eigenvalue weighted by atomic mass is 32.2. The van der Waals surface area contributed by atoms with Gasteiger partial charge < -0.3 is 10.4 Å². The van der Waals surface area contributed by atoms with Gasteiger partial charge in [0.05, 0.1) is 0 Å². The lowest BCUT2D eigenvalue weighted by atomic mass is 10.2. The van der Waals surface area contributed by atoms with Crippen molar-refractivity contribution in [1.82, 2.24) is 10.2 Å². The minimum Gasteiger partial charge on any atom is -0.481 e. The second-order valence-corrected chi connectivity index (χ2v) is 4.76. The third-order valence-electron chi connectivity index (χ3n) is 2.49. The van der Waals surface area contributed by atoms with E-state index in [9.17, 15) is 14.4 Å². The highest BCUT2D eigenvalue weighted by molar-refractivity contribution is 7.98. The highest BCUT2D eigenvalue weighted by Gasteiger charge is 2.36. The van der Waals surface area contributed by atoms with Gasteiger partial charge in [-0.25, -0.2) is 4.79 Å². The van der Waals surface area contributed by atoms with Crippen molar-refractivity contribution in [1.29, 1.82) is 0 Å². The molecule has 1 rings (SSSR count). The second-order valence-electron chi connectivity index (χ2n) is 3.77. The number of hydrogen-bond acceptors (Lipinski definition) is 4. The summed E-state index contributed by atoms with van der Waals surface area (Å²) < 4.78 is 0. The Morgan fingerprint density at radius 2 is 2.24 bits per heavy atom. The number of rotatable bonds is 7. The zero-order valence-electron chi connectivity index (χ0n) is 9.64. The molecule has 1 fully saturated rings. The van der Waals surface area contributed by atoms with Crippen LogP contribution in [-0.4, -0.2) is 52.5 Å². The van der Waals surface area contributed by atoms with Crippen LogP contribution in [0.2, 0.25) is 0 Å². The van der Waals surface area contributed by atoms with Crippen molar-refractivity contribution in [3.63, 3.8) is 0 Å². The van der Waals surface area contributed by atoms with Gasteiger partial charge in [0.15, 0.2) is 0 Å². The Morgan fingerprint density at radius 1 is 1.53 bits per heavy atom. The van der Waals surface area contributed by atoms with Crippen molar-refractivity contribution in [2.24, 2.45) is 0 Å². The van der Waals surface area contributed by atoms with Gasteiger partial charge in [0, 0.05) is 13.0 Å². The summed E-state index contributed by atoms with van der Waals surface area (Å²) in [6.45, 7) is 0.173. The average Bonchev–Trinajstić information content (AvgIpc) is 2.53. The third-order valence-corrected chi connectivity index (χ3v) is 3.13. The molecule has 1 aliphatic rings. The first-order valence-electron chi connectivity index (χ1n) is 5.39. The largest absolute Gasteiger partial charge is 0.481 e. The highest BCUT2D eigenvalue weighted by Crippen LogP contribution is 2.12. The molecule has 0 spiro atoms. The van der Waals surface area contributed by atoms with E-state index >= 15 is 0 Å². The fraction of sp³-hybridized carbons (Fsp3) is 0.700. The van der Waals surface area contributed by atoms with Gasteiger partial charge in [0.25, 0.3) is 5.91 Å². The molecule has 1 aliphatic heterocycles. The zero-order valence-corrected chi connectivity index (χ0v) is 10.5. The van der Waals surface area contributed by atoms with Crippen molar-refractivity contribution in [3.8, 4) is 0 Å². The van der Waals surface area contributed by atoms with Gasteiger partial charge in [-0.15, -0.1) is 0 Å². The Kier molecular flexibility index (Phi) is 5.27. The predicted molar refractivity (Wildman–Crippen MR) is 63.9 cm³/mol. The summed E-state index contributed by atoms with van der Waals surface area (Å²) in [5.41, 5.74) is 0. The smallest absolute Gasteiger partial charge is 0.324 e. The average molecular weight is 260 g/mol. The van der Waals surface area contributed by atoms with Gasteiger partial charge in [-0.3, -0.25) is 14.5 Å². The Balaban J connectivity index is 2.42. The zero-order chi connectivity index (χ0) is 12.8. The molecule has 1 atom stereocenters. The molecule has 2 N–H and O–H groups in total. The number of nitrogens with zero attached hydrogens (tertiary/aromatic N) is 1. The van der Waals surface area contributed by atoms with E-state index in [1.54, 1.807) is 11.8 Å². The van der Waals surface area contributed by atoms with E-state index in [-0.39, 0.29) is 18.9 Å². The van der Waals surface area contributed by atoms with Gasteiger partial charge in [-0.1, -0.05) is 0 Å². The van der Waals surface area contributed by atoms with Crippen molar-refractivity contribution >= 4 is 29.7 Å². The van der Waals surface area contributed by atoms with E-state index in [1.165, 1.54) is 0 Å². The predicted octanol–water partition coefficient (Wildman–Crippen LogP) is 0.525. The van der Waals surface area contributed by atoms with Crippen molar-refractivity contribution < 1.29 is 19.5 Å². The van der Waals surface area contributed by atoms with Gasteiger partial charge in [-0.2, -0.15) is 11.8 Å². The maximum atomic E-state index is 11.8. The quantitative estimate of drug-likeness (QED) is 0.652. The molecular formula is C10H16N2O4S. The van der Waals surface area contributed by atoms with Crippen LogP contribution in [-0.2, 0) is 9.59 Å². The first-order valence-corrected chi connectivity index (χ1v) is 6.78. The van der Waals surface area contributed by atoms with E-state index in [4.69, 9.17) is 5.11 Å². The minimum atomic E-state index is -0.920. The maximum Gasteiger partial charge on any atom is 0.324 e. The molecule has 0 saturated carbocycles. The van der Waals surface area contributed by atoms with Crippen molar-refractivity contribution in [3.05, 3.63) is 0 Å². The number of carbonyl (C=O) groups excluding carboxylic acids is 2. The van der Waals surface area contributed by atoms with Crippen molar-refractivity contribution in [2.75, 3.05) is 18.6 Å². The minimum absolute atomic E-state index is 0.0352. The SMILES string of the molecule is CSCCC1NC(=O)N(CCCC(=O)O)C1=O. The van der Waals surface area contributed by atoms with Crippen LogP contribution >= 0.6 is 11.8 Å². The molecule has 0 aromatic carbocycles. The number of amides is 3. The number of imide groups is 1. The first kappa shape index (κ1) is 13.8. The summed E-state index contributed by atoms with van der Waals surface area (Å²) in [6, 6.07) is -0.855. The first-order chi connectivity index (χ1) is 8.06. The lowest BCUT2D eigenvalue weighted by molar-refractivity contribution is -0.137. The lowest BCUT2D eigenvalue weighted by Crippen LogP contribution is -2.32. The van der Waals surface area contributed by atoms with Crippen LogP contribution in [0.1, 0.15) is 19.3 Å². The molecule has 17 heavy (non-hydrogen) atoms. The third kappa shape index (κ3) is 3.92. The number of aliphatic carboxylic acids is 1. The standard InChI is InChI=1S/C10H16N2O4S/c1-17-6-4-7-9(15)12(10(16)11-7)5-2-3-8(13)14/h7H,2-6H2,1H3,(H,11,16)(H,13,14). The molecule has 0 bridgehead atoms. The van der Waals surface area contributed by atoms with Crippen LogP contribution in [0.4, 0.5) is 4.79 Å². The van der Waals surface area contributed by atoms with Crippen LogP contribution in [0.5, 0.6) is 0 Å². The molecule has 3 amide bonds. The molecule has 1 heterocycles.